The average Bonchev–Trinajstić information content (AvgIpc) is 2.99. The van der Waals surface area contributed by atoms with Crippen LogP contribution in [0.15, 0.2) is 48.5 Å². The van der Waals surface area contributed by atoms with Crippen molar-refractivity contribution in [1.82, 2.24) is 9.62 Å². The molecule has 4 aliphatic carbocycles. The first-order valence-electron chi connectivity index (χ1n) is 15.9. The topological polar surface area (TPSA) is 106 Å². The molecule has 10 nitrogen and oxygen atoms in total. The van der Waals surface area contributed by atoms with Crippen LogP contribution in [0.3, 0.4) is 0 Å². The van der Waals surface area contributed by atoms with E-state index >= 15 is 0 Å². The number of hydrogen-bond acceptors (Lipinski definition) is 8. The van der Waals surface area contributed by atoms with Crippen LogP contribution < -0.4 is 20.2 Å². The fourth-order valence-corrected chi connectivity index (χ4v) is 10.1. The zero-order chi connectivity index (χ0) is 29.8. The van der Waals surface area contributed by atoms with Crippen LogP contribution in [0.1, 0.15) is 45.4 Å². The second-order valence-electron chi connectivity index (χ2n) is 13.2. The molecular weight excluding hydrogens is 566 g/mol. The Bertz CT molecular complexity index is 1430. The lowest BCUT2D eigenvalue weighted by molar-refractivity contribution is -0.137. The Morgan fingerprint density at radius 3 is 2.21 bits per heavy atom. The number of sulfonamides is 1. The van der Waals surface area contributed by atoms with E-state index < -0.39 is 21.7 Å². The number of anilines is 4. The number of benzene rings is 2. The van der Waals surface area contributed by atoms with Crippen molar-refractivity contribution in [3.63, 3.8) is 0 Å². The average molecular weight is 610 g/mol. The molecule has 2 aromatic carbocycles. The third-order valence-electron chi connectivity index (χ3n) is 10.3. The minimum Gasteiger partial charge on any atom is -0.390 e. The summed E-state index contributed by atoms with van der Waals surface area (Å²) < 4.78 is 26.5. The van der Waals surface area contributed by atoms with Gasteiger partial charge in [-0.2, -0.15) is 4.31 Å². The van der Waals surface area contributed by atoms with Crippen LogP contribution in [0.25, 0.3) is 0 Å². The summed E-state index contributed by atoms with van der Waals surface area (Å²) in [5.74, 6) is 1.45. The number of hydroxylamine groups is 1. The summed E-state index contributed by atoms with van der Waals surface area (Å²) in [4.78, 5) is 23.5. The summed E-state index contributed by atoms with van der Waals surface area (Å²) in [6.07, 6.45) is 4.87. The van der Waals surface area contributed by atoms with E-state index in [4.69, 9.17) is 4.84 Å². The van der Waals surface area contributed by atoms with Gasteiger partial charge < -0.3 is 25.1 Å². The van der Waals surface area contributed by atoms with Gasteiger partial charge in [-0.15, -0.1) is 0 Å². The van der Waals surface area contributed by atoms with Crippen molar-refractivity contribution in [2.75, 3.05) is 59.9 Å². The lowest BCUT2D eigenvalue weighted by Gasteiger charge is -2.57. The molecule has 1 saturated heterocycles. The molecular formula is C32H43N5O5S. The summed E-state index contributed by atoms with van der Waals surface area (Å²) in [6.45, 7) is 5.45. The number of rotatable bonds is 7. The molecule has 0 spiro atoms. The second kappa shape index (κ2) is 11.2. The number of para-hydroxylation sites is 2. The lowest BCUT2D eigenvalue weighted by Crippen LogP contribution is -2.62. The number of amides is 1. The number of aliphatic hydroxyl groups is 1. The van der Waals surface area contributed by atoms with Crippen LogP contribution >= 0.6 is 0 Å². The highest BCUT2D eigenvalue weighted by atomic mass is 32.2. The summed E-state index contributed by atoms with van der Waals surface area (Å²) >= 11 is 0. The maximum atomic E-state index is 13.1. The molecule has 0 aromatic heterocycles. The van der Waals surface area contributed by atoms with Crippen LogP contribution in [0.2, 0.25) is 0 Å². The molecule has 2 N–H and O–H groups in total. The number of piperazine rings is 1. The standard InChI is InChI=1S/C32H43N5O5S/c1-2-17-43(40,41)35-13-11-34(12-14-35)26-7-9-27(10-8-26)36-15-16-37(29-6-4-3-5-28(29)36)42-31(38)33-30-24-18-23-19-25(30)22-32(39,20-23)21-24/h3-10,23-25,30,39H,2,11-22H2,1H3,(H,33,38)/t23?,24-,25+,30?,32?. The number of nitrogens with one attached hydrogen (secondary N) is 1. The Kier molecular flexibility index (Phi) is 7.46. The van der Waals surface area contributed by atoms with Gasteiger partial charge in [0.15, 0.2) is 0 Å². The van der Waals surface area contributed by atoms with Crippen molar-refractivity contribution in [2.45, 2.75) is 57.1 Å². The number of fused-ring (bicyclic) bond motifs is 1. The molecule has 5 fully saturated rings. The smallest absolute Gasteiger partial charge is 0.390 e. The maximum absolute atomic E-state index is 13.1. The molecule has 232 valence electrons. The Morgan fingerprint density at radius 1 is 0.907 bits per heavy atom. The molecule has 43 heavy (non-hydrogen) atoms. The van der Waals surface area contributed by atoms with Gasteiger partial charge in [0.1, 0.15) is 0 Å². The molecule has 6 aliphatic rings. The van der Waals surface area contributed by atoms with Gasteiger partial charge >= 0.3 is 6.09 Å². The minimum atomic E-state index is -3.16. The van der Waals surface area contributed by atoms with Gasteiger partial charge in [0.25, 0.3) is 0 Å². The summed E-state index contributed by atoms with van der Waals surface area (Å²) in [5.41, 5.74) is 3.42. The van der Waals surface area contributed by atoms with E-state index in [2.05, 4.69) is 39.4 Å². The molecule has 2 aliphatic heterocycles. The Hall–Kier alpha value is -3.02. The SMILES string of the molecule is CCCS(=O)(=O)N1CCN(c2ccc(N3CCN(OC(=O)NC4[C@@H]5CC6C[C@H]4CC(O)(C6)C5)c4ccccc43)cc2)CC1. The molecule has 3 unspecified atom stereocenters. The first kappa shape index (κ1) is 28.7. The number of carbonyl (C=O) groups is 1. The normalized spacial score (nSPS) is 30.3. The number of hydrogen-bond donors (Lipinski definition) is 2. The lowest BCUT2D eigenvalue weighted by atomic mass is 9.52. The number of carbonyl (C=O) groups excluding carboxylic acids is 1. The van der Waals surface area contributed by atoms with Gasteiger partial charge in [0.05, 0.1) is 29.3 Å². The molecule has 4 saturated carbocycles. The largest absolute Gasteiger partial charge is 0.431 e. The zero-order valence-electron chi connectivity index (χ0n) is 24.9. The van der Waals surface area contributed by atoms with Gasteiger partial charge in [-0.3, -0.25) is 0 Å². The zero-order valence-corrected chi connectivity index (χ0v) is 25.7. The third kappa shape index (κ3) is 5.55. The van der Waals surface area contributed by atoms with E-state index in [1.165, 1.54) is 0 Å². The van der Waals surface area contributed by atoms with E-state index in [-0.39, 0.29) is 11.8 Å². The highest BCUT2D eigenvalue weighted by Crippen LogP contribution is 2.55. The first-order chi connectivity index (χ1) is 20.7. The second-order valence-corrected chi connectivity index (χ2v) is 15.3. The van der Waals surface area contributed by atoms with Crippen molar-refractivity contribution in [1.29, 1.82) is 0 Å². The molecule has 5 atom stereocenters. The highest BCUT2D eigenvalue weighted by molar-refractivity contribution is 7.89. The molecule has 11 heteroatoms. The van der Waals surface area contributed by atoms with E-state index in [1.54, 1.807) is 9.37 Å². The Morgan fingerprint density at radius 2 is 1.56 bits per heavy atom. The fourth-order valence-electron chi connectivity index (χ4n) is 8.63. The van der Waals surface area contributed by atoms with Crippen molar-refractivity contribution in [3.8, 4) is 0 Å². The van der Waals surface area contributed by atoms with Crippen molar-refractivity contribution in [2.24, 2.45) is 17.8 Å². The van der Waals surface area contributed by atoms with Gasteiger partial charge in [0, 0.05) is 50.1 Å². The molecule has 0 radical (unpaired) electrons. The first-order valence-corrected chi connectivity index (χ1v) is 17.5. The molecule has 1 amide bonds. The van der Waals surface area contributed by atoms with Crippen LogP contribution in [-0.2, 0) is 14.9 Å². The van der Waals surface area contributed by atoms with Crippen molar-refractivity contribution in [3.05, 3.63) is 48.5 Å². The van der Waals surface area contributed by atoms with Gasteiger partial charge in [-0.05, 0) is 92.7 Å². The van der Waals surface area contributed by atoms with Crippen LogP contribution in [0.4, 0.5) is 27.5 Å². The van der Waals surface area contributed by atoms with Gasteiger partial charge in [-0.1, -0.05) is 19.1 Å². The molecule has 2 heterocycles. The summed E-state index contributed by atoms with van der Waals surface area (Å²) in [6, 6.07) is 16.5. The van der Waals surface area contributed by atoms with Crippen LogP contribution in [-0.4, -0.2) is 80.6 Å². The number of nitrogens with zero attached hydrogens (tertiary/aromatic N) is 4. The predicted octanol–water partition coefficient (Wildman–Crippen LogP) is 4.09. The van der Waals surface area contributed by atoms with E-state index in [0.717, 1.165) is 54.9 Å². The van der Waals surface area contributed by atoms with E-state index in [1.807, 2.05) is 31.2 Å². The third-order valence-corrected chi connectivity index (χ3v) is 12.4. The fraction of sp³-hybridized carbons (Fsp3) is 0.594. The van der Waals surface area contributed by atoms with E-state index in [9.17, 15) is 18.3 Å². The minimum absolute atomic E-state index is 0.0723. The summed E-state index contributed by atoms with van der Waals surface area (Å²) in [5, 5.41) is 15.8. The highest BCUT2D eigenvalue weighted by Gasteiger charge is 2.55. The molecule has 8 rings (SSSR count). The van der Waals surface area contributed by atoms with Gasteiger partial charge in [-0.25, -0.2) is 18.3 Å². The van der Waals surface area contributed by atoms with Crippen LogP contribution in [0, 0.1) is 17.8 Å². The Labute approximate surface area is 254 Å². The quantitative estimate of drug-likeness (QED) is 0.484. The predicted molar refractivity (Wildman–Crippen MR) is 167 cm³/mol. The van der Waals surface area contributed by atoms with E-state index in [0.29, 0.717) is 63.4 Å². The molecule has 4 bridgehead atoms. The molecule has 2 aromatic rings. The maximum Gasteiger partial charge on any atom is 0.431 e. The monoisotopic (exact) mass is 609 g/mol. The van der Waals surface area contributed by atoms with Gasteiger partial charge in [0.2, 0.25) is 10.0 Å². The Balaban J connectivity index is 0.990. The van der Waals surface area contributed by atoms with Crippen molar-refractivity contribution >= 4 is 38.9 Å². The summed E-state index contributed by atoms with van der Waals surface area (Å²) in [7, 11) is -3.16. The van der Waals surface area contributed by atoms with Crippen LogP contribution in [0.5, 0.6) is 0 Å². The van der Waals surface area contributed by atoms with Crippen molar-refractivity contribution < 1.29 is 23.2 Å².